The van der Waals surface area contributed by atoms with Crippen LogP contribution >= 0.6 is 15.9 Å². The van der Waals surface area contributed by atoms with Gasteiger partial charge < -0.3 is 5.32 Å². The number of nitrogens with zero attached hydrogens (tertiary/aromatic N) is 1. The van der Waals surface area contributed by atoms with Gasteiger partial charge in [0.05, 0.1) is 0 Å². The summed E-state index contributed by atoms with van der Waals surface area (Å²) in [4.78, 5) is 2.63. The zero-order valence-electron chi connectivity index (χ0n) is 11.1. The Morgan fingerprint density at radius 2 is 2.12 bits per heavy atom. The Balaban J connectivity index is 2.06. The molecule has 0 aromatic heterocycles. The van der Waals surface area contributed by atoms with E-state index in [1.54, 1.807) is 0 Å². The van der Waals surface area contributed by atoms with Crippen LogP contribution in [-0.2, 0) is 0 Å². The van der Waals surface area contributed by atoms with Crippen molar-refractivity contribution in [3.05, 3.63) is 11.1 Å². The van der Waals surface area contributed by atoms with E-state index in [9.17, 15) is 0 Å². The molecule has 98 valence electrons. The van der Waals surface area contributed by atoms with Gasteiger partial charge in [-0.2, -0.15) is 0 Å². The van der Waals surface area contributed by atoms with Gasteiger partial charge >= 0.3 is 0 Å². The lowest BCUT2D eigenvalue weighted by atomic mass is 9.89. The Labute approximate surface area is 114 Å². The molecule has 2 aliphatic rings. The number of nitrogens with one attached hydrogen (secondary N) is 1. The van der Waals surface area contributed by atoms with Crippen molar-refractivity contribution in [2.24, 2.45) is 5.92 Å². The fourth-order valence-corrected chi connectivity index (χ4v) is 3.77. The molecule has 1 aliphatic heterocycles. The number of hydrogen-bond acceptors (Lipinski definition) is 2. The number of rotatable bonds is 3. The molecule has 1 N–H and O–H groups in total. The van der Waals surface area contributed by atoms with Gasteiger partial charge in [0.25, 0.3) is 0 Å². The highest BCUT2D eigenvalue weighted by molar-refractivity contribution is 9.11. The molecule has 0 aromatic carbocycles. The van der Waals surface area contributed by atoms with E-state index in [0.717, 1.165) is 17.6 Å². The van der Waals surface area contributed by atoms with Gasteiger partial charge in [-0.3, -0.25) is 4.90 Å². The highest BCUT2D eigenvalue weighted by Crippen LogP contribution is 2.34. The van der Waals surface area contributed by atoms with E-state index in [1.165, 1.54) is 32.2 Å². The molecule has 0 radical (unpaired) electrons. The average molecular weight is 301 g/mol. The first-order valence-corrected chi connectivity index (χ1v) is 7.64. The van der Waals surface area contributed by atoms with E-state index in [0.29, 0.717) is 17.5 Å². The van der Waals surface area contributed by atoms with E-state index in [2.05, 4.69) is 46.6 Å². The van der Waals surface area contributed by atoms with Crippen LogP contribution < -0.4 is 5.32 Å². The SMILES string of the molecule is C=C(Br)CN1CC2(CCCC2)NCC1C(C)C. The topological polar surface area (TPSA) is 15.3 Å². The lowest BCUT2D eigenvalue weighted by Crippen LogP contribution is -2.64. The highest BCUT2D eigenvalue weighted by atomic mass is 79.9. The fourth-order valence-electron chi connectivity index (χ4n) is 3.45. The van der Waals surface area contributed by atoms with Crippen molar-refractivity contribution >= 4 is 15.9 Å². The summed E-state index contributed by atoms with van der Waals surface area (Å²) >= 11 is 3.53. The van der Waals surface area contributed by atoms with Crippen LogP contribution in [0.5, 0.6) is 0 Å². The van der Waals surface area contributed by atoms with Gasteiger partial charge in [-0.15, -0.1) is 0 Å². The first-order valence-electron chi connectivity index (χ1n) is 6.85. The van der Waals surface area contributed by atoms with Crippen molar-refractivity contribution in [3.63, 3.8) is 0 Å². The molecule has 1 spiro atoms. The third kappa shape index (κ3) is 3.12. The molecule has 2 fully saturated rings. The zero-order valence-corrected chi connectivity index (χ0v) is 12.7. The summed E-state index contributed by atoms with van der Waals surface area (Å²) in [7, 11) is 0. The van der Waals surface area contributed by atoms with E-state index >= 15 is 0 Å². The van der Waals surface area contributed by atoms with Gasteiger partial charge in [-0.25, -0.2) is 0 Å². The van der Waals surface area contributed by atoms with Crippen LogP contribution in [0.1, 0.15) is 39.5 Å². The molecule has 1 atom stereocenters. The molecule has 0 bridgehead atoms. The standard InChI is InChI=1S/C14H25BrN2/c1-11(2)13-8-16-14(6-4-5-7-14)10-17(13)9-12(3)15/h11,13,16H,3-10H2,1-2H3. The largest absolute Gasteiger partial charge is 0.308 e. The molecule has 0 amide bonds. The van der Waals surface area contributed by atoms with Crippen molar-refractivity contribution < 1.29 is 0 Å². The average Bonchev–Trinajstić information content (AvgIpc) is 2.65. The van der Waals surface area contributed by atoms with Gasteiger partial charge in [0.15, 0.2) is 0 Å². The van der Waals surface area contributed by atoms with Crippen LogP contribution in [0.3, 0.4) is 0 Å². The normalized spacial score (nSPS) is 29.1. The van der Waals surface area contributed by atoms with Crippen LogP contribution in [0.4, 0.5) is 0 Å². The second kappa shape index (κ2) is 5.41. The second-order valence-electron chi connectivity index (χ2n) is 6.10. The maximum Gasteiger partial charge on any atom is 0.0309 e. The monoisotopic (exact) mass is 300 g/mol. The minimum Gasteiger partial charge on any atom is -0.308 e. The summed E-state index contributed by atoms with van der Waals surface area (Å²) in [6, 6.07) is 0.649. The predicted octanol–water partition coefficient (Wildman–Crippen LogP) is 3.14. The molecule has 0 aromatic rings. The third-order valence-corrected chi connectivity index (χ3v) is 4.62. The van der Waals surface area contributed by atoms with Gasteiger partial charge in [0.1, 0.15) is 0 Å². The number of piperazine rings is 1. The Morgan fingerprint density at radius 1 is 1.47 bits per heavy atom. The Bertz CT molecular complexity index is 282. The quantitative estimate of drug-likeness (QED) is 0.861. The summed E-state index contributed by atoms with van der Waals surface area (Å²) in [6.07, 6.45) is 5.48. The lowest BCUT2D eigenvalue weighted by molar-refractivity contribution is 0.0668. The molecule has 1 aliphatic carbocycles. The molecule has 1 unspecified atom stereocenters. The van der Waals surface area contributed by atoms with Crippen molar-refractivity contribution in [1.82, 2.24) is 10.2 Å². The van der Waals surface area contributed by atoms with Gasteiger partial charge in [0.2, 0.25) is 0 Å². The minimum atomic E-state index is 0.411. The maximum absolute atomic E-state index is 4.01. The van der Waals surface area contributed by atoms with Crippen LogP contribution in [0.15, 0.2) is 11.1 Å². The third-order valence-electron chi connectivity index (χ3n) is 4.37. The molecule has 2 rings (SSSR count). The first-order chi connectivity index (χ1) is 8.02. The van der Waals surface area contributed by atoms with Crippen molar-refractivity contribution in [2.45, 2.75) is 51.1 Å². The van der Waals surface area contributed by atoms with E-state index in [-0.39, 0.29) is 0 Å². The van der Waals surface area contributed by atoms with E-state index in [1.807, 2.05) is 0 Å². The Hall–Kier alpha value is 0.140. The smallest absolute Gasteiger partial charge is 0.0309 e. The summed E-state index contributed by atoms with van der Waals surface area (Å²) < 4.78 is 1.11. The molecular weight excluding hydrogens is 276 g/mol. The number of halogens is 1. The fraction of sp³-hybridized carbons (Fsp3) is 0.857. The second-order valence-corrected chi connectivity index (χ2v) is 7.22. The molecule has 1 saturated carbocycles. The molecule has 17 heavy (non-hydrogen) atoms. The van der Waals surface area contributed by atoms with Gasteiger partial charge in [-0.1, -0.05) is 49.2 Å². The first kappa shape index (κ1) is 13.6. The predicted molar refractivity (Wildman–Crippen MR) is 77.5 cm³/mol. The van der Waals surface area contributed by atoms with E-state index in [4.69, 9.17) is 0 Å². The zero-order chi connectivity index (χ0) is 12.5. The molecule has 2 nitrogen and oxygen atoms in total. The molecular formula is C14H25BrN2. The summed E-state index contributed by atoms with van der Waals surface area (Å²) in [5.41, 5.74) is 0.411. The van der Waals surface area contributed by atoms with Gasteiger partial charge in [-0.05, 0) is 18.8 Å². The van der Waals surface area contributed by atoms with Gasteiger partial charge in [0, 0.05) is 35.7 Å². The maximum atomic E-state index is 4.01. The lowest BCUT2D eigenvalue weighted by Gasteiger charge is -2.48. The van der Waals surface area contributed by atoms with Crippen molar-refractivity contribution in [3.8, 4) is 0 Å². The Morgan fingerprint density at radius 3 is 2.65 bits per heavy atom. The highest BCUT2D eigenvalue weighted by Gasteiger charge is 2.41. The van der Waals surface area contributed by atoms with E-state index < -0.39 is 0 Å². The van der Waals surface area contributed by atoms with Crippen molar-refractivity contribution in [2.75, 3.05) is 19.6 Å². The van der Waals surface area contributed by atoms with Crippen LogP contribution in [0.2, 0.25) is 0 Å². The Kier molecular flexibility index (Phi) is 4.32. The summed E-state index contributed by atoms with van der Waals surface area (Å²) in [5, 5.41) is 3.84. The van der Waals surface area contributed by atoms with Crippen LogP contribution in [-0.4, -0.2) is 36.1 Å². The summed E-state index contributed by atoms with van der Waals surface area (Å²) in [6.45, 7) is 12.0. The molecule has 3 heteroatoms. The van der Waals surface area contributed by atoms with Crippen LogP contribution in [0.25, 0.3) is 0 Å². The minimum absolute atomic E-state index is 0.411. The number of hydrogen-bond donors (Lipinski definition) is 1. The molecule has 1 saturated heterocycles. The molecule has 1 heterocycles. The van der Waals surface area contributed by atoms with Crippen molar-refractivity contribution in [1.29, 1.82) is 0 Å². The summed E-state index contributed by atoms with van der Waals surface area (Å²) in [5.74, 6) is 0.702. The van der Waals surface area contributed by atoms with Crippen LogP contribution in [0, 0.1) is 5.92 Å².